The van der Waals surface area contributed by atoms with Gasteiger partial charge in [-0.05, 0) is 43.9 Å². The summed E-state index contributed by atoms with van der Waals surface area (Å²) in [5.41, 5.74) is 2.24. The van der Waals surface area contributed by atoms with Crippen LogP contribution in [0.3, 0.4) is 0 Å². The molecule has 4 nitrogen and oxygen atoms in total. The van der Waals surface area contributed by atoms with E-state index >= 15 is 0 Å². The molecule has 6 aliphatic rings. The van der Waals surface area contributed by atoms with Crippen LogP contribution in [0, 0.1) is 11.3 Å². The van der Waals surface area contributed by atoms with E-state index in [1.807, 2.05) is 0 Å². The lowest BCUT2D eigenvalue weighted by molar-refractivity contribution is -0.158. The van der Waals surface area contributed by atoms with Gasteiger partial charge in [0.25, 0.3) is 0 Å². The number of carboxylic acids is 1. The van der Waals surface area contributed by atoms with Crippen molar-refractivity contribution in [3.8, 4) is 0 Å². The van der Waals surface area contributed by atoms with Crippen molar-refractivity contribution in [1.82, 2.24) is 4.90 Å². The molecule has 5 unspecified atom stereocenters. The maximum Gasteiger partial charge on any atom is 0.308 e. The number of fused-ring (bicyclic) bond motifs is 3. The number of aliphatic carboxylic acids is 1. The van der Waals surface area contributed by atoms with Gasteiger partial charge in [0.05, 0.1) is 11.5 Å². The van der Waals surface area contributed by atoms with E-state index in [-0.39, 0.29) is 22.3 Å². The number of nitrogens with zero attached hydrogens (tertiary/aromatic N) is 1. The number of hydrogen-bond donors (Lipinski definition) is 2. The quantitative estimate of drug-likeness (QED) is 0.781. The van der Waals surface area contributed by atoms with Crippen LogP contribution in [-0.2, 0) is 10.2 Å². The molecule has 124 valence electrons. The Morgan fingerprint density at radius 2 is 2.12 bits per heavy atom. The first-order chi connectivity index (χ1) is 11.6. The number of benzene rings is 1. The van der Waals surface area contributed by atoms with E-state index in [9.17, 15) is 9.90 Å². The number of nitrogens with one attached hydrogen (secondary N) is 1. The highest BCUT2D eigenvalue weighted by Crippen LogP contribution is 2.73. The van der Waals surface area contributed by atoms with Gasteiger partial charge in [-0.1, -0.05) is 30.4 Å². The topological polar surface area (TPSA) is 52.6 Å². The van der Waals surface area contributed by atoms with Crippen LogP contribution in [0.1, 0.15) is 31.2 Å². The van der Waals surface area contributed by atoms with Crippen molar-refractivity contribution in [2.75, 3.05) is 18.4 Å². The van der Waals surface area contributed by atoms with Gasteiger partial charge in [-0.3, -0.25) is 9.69 Å². The Hall–Kier alpha value is -1.81. The zero-order valence-corrected chi connectivity index (χ0v) is 13.7. The van der Waals surface area contributed by atoms with Gasteiger partial charge in [0.15, 0.2) is 0 Å². The molecule has 4 heteroatoms. The Bertz CT molecular complexity index is 805. The molecule has 3 saturated carbocycles. The highest BCUT2D eigenvalue weighted by molar-refractivity contribution is 5.79. The van der Waals surface area contributed by atoms with E-state index in [1.54, 1.807) is 0 Å². The van der Waals surface area contributed by atoms with Crippen LogP contribution in [-0.4, -0.2) is 40.6 Å². The Morgan fingerprint density at radius 1 is 1.25 bits per heavy atom. The van der Waals surface area contributed by atoms with Crippen molar-refractivity contribution in [1.29, 1.82) is 0 Å². The fraction of sp³-hybridized carbons (Fsp3) is 0.550. The van der Waals surface area contributed by atoms with Gasteiger partial charge >= 0.3 is 5.97 Å². The van der Waals surface area contributed by atoms with E-state index in [0.717, 1.165) is 38.8 Å². The standard InChI is InChI=1S/C20H22N2O2/c23-16(24)14-12-18-6-3-10-22-11-9-19(17(18)22)13-4-1-2-5-15(13)21-20(14,19)8-7-18/h1-6,14,17,21H,7-12H2,(H,23,24). The van der Waals surface area contributed by atoms with E-state index in [0.29, 0.717) is 6.04 Å². The molecule has 24 heavy (non-hydrogen) atoms. The lowest BCUT2D eigenvalue weighted by Gasteiger charge is -2.67. The minimum Gasteiger partial charge on any atom is -0.481 e. The van der Waals surface area contributed by atoms with Crippen molar-refractivity contribution in [3.63, 3.8) is 0 Å². The van der Waals surface area contributed by atoms with E-state index in [4.69, 9.17) is 0 Å². The molecule has 1 saturated heterocycles. The molecular weight excluding hydrogens is 300 g/mol. The summed E-state index contributed by atoms with van der Waals surface area (Å²) in [6.45, 7) is 2.10. The SMILES string of the molecule is O=C(O)C1CC23C=CCN4CCC5(c6ccccc6NC15CC2)C43. The maximum absolute atomic E-state index is 12.3. The molecule has 7 rings (SSSR count). The number of hydrogen-bond acceptors (Lipinski definition) is 3. The Balaban J connectivity index is 1.70. The van der Waals surface area contributed by atoms with Gasteiger partial charge in [-0.2, -0.15) is 0 Å². The molecule has 1 aromatic rings. The fourth-order valence-corrected chi connectivity index (χ4v) is 7.43. The molecule has 4 fully saturated rings. The number of rotatable bonds is 1. The van der Waals surface area contributed by atoms with Crippen LogP contribution >= 0.6 is 0 Å². The fourth-order valence-electron chi connectivity index (χ4n) is 7.43. The van der Waals surface area contributed by atoms with Crippen LogP contribution < -0.4 is 5.32 Å². The third kappa shape index (κ3) is 1.16. The van der Waals surface area contributed by atoms with E-state index in [2.05, 4.69) is 46.6 Å². The number of carboxylic acid groups (broad SMARTS) is 1. The van der Waals surface area contributed by atoms with Crippen molar-refractivity contribution < 1.29 is 9.90 Å². The first-order valence-corrected chi connectivity index (χ1v) is 9.15. The molecule has 2 N–H and O–H groups in total. The Kier molecular flexibility index (Phi) is 2.18. The van der Waals surface area contributed by atoms with E-state index < -0.39 is 5.97 Å². The first-order valence-electron chi connectivity index (χ1n) is 9.15. The predicted molar refractivity (Wildman–Crippen MR) is 91.0 cm³/mol. The monoisotopic (exact) mass is 322 g/mol. The van der Waals surface area contributed by atoms with Crippen LogP contribution in [0.5, 0.6) is 0 Å². The second-order valence-electron chi connectivity index (χ2n) is 8.49. The summed E-state index contributed by atoms with van der Waals surface area (Å²) in [4.78, 5) is 14.9. The Morgan fingerprint density at radius 3 is 3.00 bits per heavy atom. The highest BCUT2D eigenvalue weighted by Gasteiger charge is 2.78. The summed E-state index contributed by atoms with van der Waals surface area (Å²) in [7, 11) is 0. The smallest absolute Gasteiger partial charge is 0.308 e. The van der Waals surface area contributed by atoms with Crippen LogP contribution in [0.25, 0.3) is 0 Å². The van der Waals surface area contributed by atoms with Gasteiger partial charge < -0.3 is 10.4 Å². The molecule has 5 atom stereocenters. The van der Waals surface area contributed by atoms with Crippen molar-refractivity contribution in [2.45, 2.75) is 42.7 Å². The molecule has 3 aliphatic carbocycles. The van der Waals surface area contributed by atoms with Gasteiger partial charge in [0.1, 0.15) is 0 Å². The van der Waals surface area contributed by atoms with E-state index in [1.165, 1.54) is 11.3 Å². The zero-order chi connectivity index (χ0) is 16.2. The molecule has 3 heterocycles. The molecular formula is C20H22N2O2. The molecule has 1 aromatic carbocycles. The summed E-state index contributed by atoms with van der Waals surface area (Å²) in [5, 5.41) is 13.9. The number of para-hydroxylation sites is 1. The summed E-state index contributed by atoms with van der Waals surface area (Å²) in [6.07, 6.45) is 8.62. The second kappa shape index (κ2) is 3.88. The lowest BCUT2D eigenvalue weighted by atomic mass is 9.40. The van der Waals surface area contributed by atoms with Crippen LogP contribution in [0.4, 0.5) is 5.69 Å². The molecule has 3 spiro atoms. The molecule has 0 amide bonds. The van der Waals surface area contributed by atoms with Gasteiger partial charge in [-0.15, -0.1) is 0 Å². The molecule has 2 bridgehead atoms. The van der Waals surface area contributed by atoms with Crippen molar-refractivity contribution >= 4 is 11.7 Å². The normalized spacial score (nSPS) is 47.0. The average molecular weight is 322 g/mol. The Labute approximate surface area is 141 Å². The minimum atomic E-state index is -0.621. The summed E-state index contributed by atoms with van der Waals surface area (Å²) in [5.74, 6) is -0.928. The maximum atomic E-state index is 12.3. The summed E-state index contributed by atoms with van der Waals surface area (Å²) < 4.78 is 0. The minimum absolute atomic E-state index is 0.0404. The molecule has 3 aliphatic heterocycles. The average Bonchev–Trinajstić information content (AvgIpc) is 3.13. The largest absolute Gasteiger partial charge is 0.481 e. The van der Waals surface area contributed by atoms with Crippen molar-refractivity contribution in [3.05, 3.63) is 42.0 Å². The van der Waals surface area contributed by atoms with Gasteiger partial charge in [0.2, 0.25) is 0 Å². The number of anilines is 1. The number of carbonyl (C=O) groups is 1. The third-order valence-electron chi connectivity index (χ3n) is 7.98. The third-order valence-corrected chi connectivity index (χ3v) is 7.98. The van der Waals surface area contributed by atoms with Crippen molar-refractivity contribution in [2.24, 2.45) is 11.3 Å². The summed E-state index contributed by atoms with van der Waals surface area (Å²) >= 11 is 0. The first kappa shape index (κ1) is 13.5. The molecule has 0 aromatic heterocycles. The highest BCUT2D eigenvalue weighted by atomic mass is 16.4. The summed E-state index contributed by atoms with van der Waals surface area (Å²) in [6, 6.07) is 9.06. The predicted octanol–water partition coefficient (Wildman–Crippen LogP) is 2.62. The van der Waals surface area contributed by atoms with Gasteiger partial charge in [-0.25, -0.2) is 0 Å². The van der Waals surface area contributed by atoms with Crippen LogP contribution in [0.15, 0.2) is 36.4 Å². The van der Waals surface area contributed by atoms with Crippen LogP contribution in [0.2, 0.25) is 0 Å². The van der Waals surface area contributed by atoms with Gasteiger partial charge in [0, 0.05) is 29.1 Å². The zero-order valence-electron chi connectivity index (χ0n) is 13.7. The second-order valence-corrected chi connectivity index (χ2v) is 8.49. The lowest BCUT2D eigenvalue weighted by Crippen LogP contribution is -2.76. The molecule has 0 radical (unpaired) electrons.